The van der Waals surface area contributed by atoms with Crippen molar-refractivity contribution < 1.29 is 9.59 Å². The average Bonchev–Trinajstić information content (AvgIpc) is 3.42. The highest BCUT2D eigenvalue weighted by molar-refractivity contribution is 5.88. The molecule has 1 aliphatic heterocycles. The van der Waals surface area contributed by atoms with Gasteiger partial charge in [-0.1, -0.05) is 6.07 Å². The van der Waals surface area contributed by atoms with Crippen LogP contribution in [0.2, 0.25) is 0 Å². The number of carbonyl (C=O) groups excluding carboxylic acids is 2. The predicted molar refractivity (Wildman–Crippen MR) is 98.5 cm³/mol. The third-order valence-electron chi connectivity index (χ3n) is 5.03. The first kappa shape index (κ1) is 17.7. The van der Waals surface area contributed by atoms with Crippen molar-refractivity contribution in [3.05, 3.63) is 47.5 Å². The minimum Gasteiger partial charge on any atom is -0.353 e. The van der Waals surface area contributed by atoms with Gasteiger partial charge in [-0.15, -0.1) is 0 Å². The molecular formula is C19H24N6O2. The van der Waals surface area contributed by atoms with Crippen LogP contribution in [-0.4, -0.2) is 51.0 Å². The van der Waals surface area contributed by atoms with Gasteiger partial charge in [0, 0.05) is 31.7 Å². The molecule has 1 atom stereocenters. The van der Waals surface area contributed by atoms with E-state index in [2.05, 4.69) is 25.8 Å². The lowest BCUT2D eigenvalue weighted by molar-refractivity contribution is -0.134. The highest BCUT2D eigenvalue weighted by atomic mass is 16.2. The molecule has 8 heteroatoms. The van der Waals surface area contributed by atoms with Gasteiger partial charge in [0.25, 0.3) is 0 Å². The van der Waals surface area contributed by atoms with Crippen LogP contribution in [0.1, 0.15) is 42.3 Å². The molecule has 3 heterocycles. The molecule has 2 aromatic heterocycles. The molecule has 0 radical (unpaired) electrons. The molecule has 0 spiro atoms. The Hall–Kier alpha value is -2.74. The number of nitrogens with zero attached hydrogens (tertiary/aromatic N) is 3. The van der Waals surface area contributed by atoms with Gasteiger partial charge in [-0.3, -0.25) is 24.6 Å². The summed E-state index contributed by atoms with van der Waals surface area (Å²) in [6, 6.07) is 7.25. The molecule has 2 amide bonds. The lowest BCUT2D eigenvalue weighted by atomic mass is 10.1. The molecular weight excluding hydrogens is 344 g/mol. The van der Waals surface area contributed by atoms with Gasteiger partial charge in [0.1, 0.15) is 0 Å². The van der Waals surface area contributed by atoms with Gasteiger partial charge < -0.3 is 10.6 Å². The standard InChI is InChI=1S/C19H24N6O2/c26-18(22-11-15-9-16(24-23-15)13-4-5-13)10-17-19(27)21-7-8-25(17)12-14-3-1-2-6-20-14/h1-3,6,9,13,17H,4-5,7-8,10-12H2,(H,21,27)(H,22,26)(H,23,24)/t17-/m0/s1. The van der Waals surface area contributed by atoms with E-state index in [0.717, 1.165) is 17.1 Å². The summed E-state index contributed by atoms with van der Waals surface area (Å²) in [5.74, 6) is 0.326. The van der Waals surface area contributed by atoms with Gasteiger partial charge in [0.2, 0.25) is 11.8 Å². The number of H-pyrrole nitrogens is 1. The second kappa shape index (κ2) is 7.87. The number of pyridine rings is 1. The normalized spacial score (nSPS) is 20.3. The fourth-order valence-electron chi connectivity index (χ4n) is 3.37. The van der Waals surface area contributed by atoms with Crippen LogP contribution in [0.3, 0.4) is 0 Å². The first-order valence-corrected chi connectivity index (χ1v) is 9.41. The van der Waals surface area contributed by atoms with E-state index in [1.165, 1.54) is 12.8 Å². The van der Waals surface area contributed by atoms with Crippen molar-refractivity contribution >= 4 is 11.8 Å². The van der Waals surface area contributed by atoms with Crippen molar-refractivity contribution in [2.45, 2.75) is 44.3 Å². The van der Waals surface area contributed by atoms with E-state index in [9.17, 15) is 9.59 Å². The summed E-state index contributed by atoms with van der Waals surface area (Å²) in [6.07, 6.45) is 4.25. The lowest BCUT2D eigenvalue weighted by Gasteiger charge is -2.34. The number of carbonyl (C=O) groups is 2. The molecule has 3 N–H and O–H groups in total. The van der Waals surface area contributed by atoms with Crippen LogP contribution >= 0.6 is 0 Å². The van der Waals surface area contributed by atoms with Gasteiger partial charge in [0.15, 0.2) is 0 Å². The van der Waals surface area contributed by atoms with Crippen molar-refractivity contribution in [2.75, 3.05) is 13.1 Å². The second-order valence-electron chi connectivity index (χ2n) is 7.17. The third kappa shape index (κ3) is 4.51. The zero-order valence-electron chi connectivity index (χ0n) is 15.1. The maximum Gasteiger partial charge on any atom is 0.237 e. The fourth-order valence-corrected chi connectivity index (χ4v) is 3.37. The Morgan fingerprint density at radius 1 is 1.33 bits per heavy atom. The molecule has 1 saturated heterocycles. The molecule has 2 fully saturated rings. The minimum absolute atomic E-state index is 0.107. The van der Waals surface area contributed by atoms with Crippen molar-refractivity contribution in [1.82, 2.24) is 30.7 Å². The van der Waals surface area contributed by atoms with E-state index in [1.807, 2.05) is 29.2 Å². The summed E-state index contributed by atoms with van der Waals surface area (Å²) in [7, 11) is 0. The topological polar surface area (TPSA) is 103 Å². The van der Waals surface area contributed by atoms with E-state index in [4.69, 9.17) is 0 Å². The van der Waals surface area contributed by atoms with Gasteiger partial charge in [-0.25, -0.2) is 0 Å². The van der Waals surface area contributed by atoms with Crippen molar-refractivity contribution in [3.63, 3.8) is 0 Å². The highest BCUT2D eigenvalue weighted by Crippen LogP contribution is 2.38. The molecule has 8 nitrogen and oxygen atoms in total. The van der Waals surface area contributed by atoms with Gasteiger partial charge >= 0.3 is 0 Å². The van der Waals surface area contributed by atoms with Crippen LogP contribution in [0.25, 0.3) is 0 Å². The van der Waals surface area contributed by atoms with E-state index in [0.29, 0.717) is 32.1 Å². The summed E-state index contributed by atoms with van der Waals surface area (Å²) < 4.78 is 0. The molecule has 0 aromatic carbocycles. The Bertz CT molecular complexity index is 802. The number of aromatic amines is 1. The summed E-state index contributed by atoms with van der Waals surface area (Å²) >= 11 is 0. The lowest BCUT2D eigenvalue weighted by Crippen LogP contribution is -2.56. The molecule has 1 saturated carbocycles. The zero-order chi connectivity index (χ0) is 18.6. The Morgan fingerprint density at radius 2 is 2.22 bits per heavy atom. The smallest absolute Gasteiger partial charge is 0.237 e. The Morgan fingerprint density at radius 3 is 3.00 bits per heavy atom. The van der Waals surface area contributed by atoms with Crippen molar-refractivity contribution in [1.29, 1.82) is 0 Å². The third-order valence-corrected chi connectivity index (χ3v) is 5.03. The van der Waals surface area contributed by atoms with Crippen LogP contribution in [-0.2, 0) is 22.7 Å². The number of aromatic nitrogens is 3. The van der Waals surface area contributed by atoms with E-state index in [-0.39, 0.29) is 18.2 Å². The molecule has 142 valence electrons. The first-order chi connectivity index (χ1) is 13.2. The summed E-state index contributed by atoms with van der Waals surface area (Å²) in [5.41, 5.74) is 2.86. The van der Waals surface area contributed by atoms with Crippen LogP contribution in [0.5, 0.6) is 0 Å². The number of nitrogens with one attached hydrogen (secondary N) is 3. The number of rotatable bonds is 7. The molecule has 0 bridgehead atoms. The van der Waals surface area contributed by atoms with Gasteiger partial charge in [-0.05, 0) is 31.0 Å². The summed E-state index contributed by atoms with van der Waals surface area (Å²) in [5, 5.41) is 13.0. The molecule has 2 aliphatic rings. The SMILES string of the molecule is O=C(C[C@H]1C(=O)NCCN1Cc1ccccn1)NCc1cc(C2CC2)n[nH]1. The molecule has 4 rings (SSSR count). The maximum absolute atomic E-state index is 12.4. The summed E-state index contributed by atoms with van der Waals surface area (Å²) in [6.45, 7) is 2.23. The fraction of sp³-hybridized carbons (Fsp3) is 0.474. The Kier molecular flexibility index (Phi) is 5.15. The van der Waals surface area contributed by atoms with E-state index in [1.54, 1.807) is 6.20 Å². The number of piperazine rings is 1. The van der Waals surface area contributed by atoms with E-state index < -0.39 is 6.04 Å². The number of hydrogen-bond donors (Lipinski definition) is 3. The number of hydrogen-bond acceptors (Lipinski definition) is 5. The monoisotopic (exact) mass is 368 g/mol. The second-order valence-corrected chi connectivity index (χ2v) is 7.17. The highest BCUT2D eigenvalue weighted by Gasteiger charge is 2.32. The number of amides is 2. The Labute approximate surface area is 157 Å². The molecule has 27 heavy (non-hydrogen) atoms. The molecule has 2 aromatic rings. The average molecular weight is 368 g/mol. The van der Waals surface area contributed by atoms with E-state index >= 15 is 0 Å². The predicted octanol–water partition coefficient (Wildman–Crippen LogP) is 0.689. The molecule has 0 unspecified atom stereocenters. The van der Waals surface area contributed by atoms with Gasteiger partial charge in [0.05, 0.1) is 36.1 Å². The quantitative estimate of drug-likeness (QED) is 0.667. The van der Waals surface area contributed by atoms with Crippen LogP contribution in [0, 0.1) is 0 Å². The largest absolute Gasteiger partial charge is 0.353 e. The van der Waals surface area contributed by atoms with Crippen molar-refractivity contribution in [3.8, 4) is 0 Å². The maximum atomic E-state index is 12.4. The Balaban J connectivity index is 1.32. The first-order valence-electron chi connectivity index (χ1n) is 9.41. The zero-order valence-corrected chi connectivity index (χ0v) is 15.1. The van der Waals surface area contributed by atoms with Crippen LogP contribution < -0.4 is 10.6 Å². The van der Waals surface area contributed by atoms with Crippen LogP contribution in [0.4, 0.5) is 0 Å². The minimum atomic E-state index is -0.482. The van der Waals surface area contributed by atoms with Crippen LogP contribution in [0.15, 0.2) is 30.5 Å². The van der Waals surface area contributed by atoms with Crippen molar-refractivity contribution in [2.24, 2.45) is 0 Å². The van der Waals surface area contributed by atoms with Gasteiger partial charge in [-0.2, -0.15) is 5.10 Å². The summed E-state index contributed by atoms with van der Waals surface area (Å²) in [4.78, 5) is 31.1. The molecule has 1 aliphatic carbocycles.